The molecule has 3 aromatic rings. The Bertz CT molecular complexity index is 944. The highest BCUT2D eigenvalue weighted by molar-refractivity contribution is 7.59. The Kier molecular flexibility index (Phi) is 6.75. The Morgan fingerprint density at radius 1 is 1.10 bits per heavy atom. The number of nitrogens with one attached hydrogen (secondary N) is 2. The normalized spacial score (nSPS) is 17.0. The summed E-state index contributed by atoms with van der Waals surface area (Å²) in [7, 11) is 0. The molecule has 29 heavy (non-hydrogen) atoms. The predicted molar refractivity (Wildman–Crippen MR) is 126 cm³/mol. The van der Waals surface area contributed by atoms with Gasteiger partial charge in [-0.05, 0) is 48.9 Å². The van der Waals surface area contributed by atoms with Crippen LogP contribution in [0.15, 0.2) is 42.7 Å². The maximum absolute atomic E-state index is 4.91. The lowest BCUT2D eigenvalue weighted by Crippen LogP contribution is -2.33. The average Bonchev–Trinajstić information content (AvgIpc) is 2.72. The Morgan fingerprint density at radius 2 is 1.86 bits per heavy atom. The molecule has 1 aliphatic rings. The second kappa shape index (κ2) is 9.09. The fraction of sp³-hybridized carbons (Fsp3) is 0.435. The van der Waals surface area contributed by atoms with Crippen molar-refractivity contribution >= 4 is 30.3 Å². The minimum Gasteiger partial charge on any atom is -0.368 e. The van der Waals surface area contributed by atoms with Crippen molar-refractivity contribution in [1.29, 1.82) is 0 Å². The Morgan fingerprint density at radius 3 is 2.55 bits per heavy atom. The number of hydrogen-bond acceptors (Lipinski definition) is 5. The molecule has 0 bridgehead atoms. The zero-order chi connectivity index (χ0) is 19.6. The van der Waals surface area contributed by atoms with Gasteiger partial charge in [0, 0.05) is 24.5 Å². The number of anilines is 1. The van der Waals surface area contributed by atoms with Crippen LogP contribution in [0.3, 0.4) is 0 Å². The van der Waals surface area contributed by atoms with E-state index in [0.29, 0.717) is 5.92 Å². The summed E-state index contributed by atoms with van der Waals surface area (Å²) in [5.41, 5.74) is 5.19. The first kappa shape index (κ1) is 21.5. The van der Waals surface area contributed by atoms with Gasteiger partial charge in [0.2, 0.25) is 0 Å². The molecule has 154 valence electrons. The second-order valence-electron chi connectivity index (χ2n) is 8.70. The summed E-state index contributed by atoms with van der Waals surface area (Å²) in [5.74, 6) is 1.45. The summed E-state index contributed by atoms with van der Waals surface area (Å²) < 4.78 is 0. The topological polar surface area (TPSA) is 62.7 Å². The summed E-state index contributed by atoms with van der Waals surface area (Å²) in [6.07, 6.45) is 5.96. The molecular formula is C23H31N5S. The van der Waals surface area contributed by atoms with Crippen LogP contribution >= 0.6 is 13.5 Å². The molecule has 1 saturated heterocycles. The molecule has 0 spiro atoms. The molecule has 0 aliphatic carbocycles. The minimum absolute atomic E-state index is 0. The molecule has 0 unspecified atom stereocenters. The number of pyridine rings is 1. The van der Waals surface area contributed by atoms with Crippen molar-refractivity contribution in [2.45, 2.75) is 39.0 Å². The van der Waals surface area contributed by atoms with Gasteiger partial charge in [-0.3, -0.25) is 4.98 Å². The van der Waals surface area contributed by atoms with Gasteiger partial charge in [-0.2, -0.15) is 13.5 Å². The number of piperidine rings is 1. The third-order valence-corrected chi connectivity index (χ3v) is 5.46. The third kappa shape index (κ3) is 5.06. The maximum atomic E-state index is 4.91. The van der Waals surface area contributed by atoms with Gasteiger partial charge in [0.15, 0.2) is 5.82 Å². The van der Waals surface area contributed by atoms with Crippen molar-refractivity contribution in [2.75, 3.05) is 25.0 Å². The summed E-state index contributed by atoms with van der Waals surface area (Å²) in [5, 5.41) is 7.02. The number of hydrogen-bond donors (Lipinski definition) is 2. The first-order valence-electron chi connectivity index (χ1n) is 10.2. The third-order valence-electron chi connectivity index (χ3n) is 5.46. The van der Waals surface area contributed by atoms with Crippen molar-refractivity contribution in [3.05, 3.63) is 48.3 Å². The Balaban J connectivity index is 0.00000240. The summed E-state index contributed by atoms with van der Waals surface area (Å²) in [6, 6.07) is 10.7. The molecule has 1 aliphatic heterocycles. The van der Waals surface area contributed by atoms with Gasteiger partial charge in [0.25, 0.3) is 0 Å². The Labute approximate surface area is 180 Å². The van der Waals surface area contributed by atoms with E-state index in [1.165, 1.54) is 18.4 Å². The second-order valence-corrected chi connectivity index (χ2v) is 8.70. The molecule has 0 amide bonds. The monoisotopic (exact) mass is 409 g/mol. The van der Waals surface area contributed by atoms with Crippen LogP contribution in [0.25, 0.3) is 22.3 Å². The molecule has 4 rings (SSSR count). The van der Waals surface area contributed by atoms with Gasteiger partial charge in [0.1, 0.15) is 5.52 Å². The number of benzene rings is 1. The molecule has 2 aromatic heterocycles. The van der Waals surface area contributed by atoms with Crippen LogP contribution in [0.4, 0.5) is 5.82 Å². The van der Waals surface area contributed by atoms with Crippen molar-refractivity contribution in [3.8, 4) is 11.3 Å². The molecule has 2 N–H and O–H groups in total. The number of fused-ring (bicyclic) bond motifs is 1. The molecule has 6 heteroatoms. The number of aromatic nitrogens is 3. The van der Waals surface area contributed by atoms with E-state index in [4.69, 9.17) is 4.98 Å². The van der Waals surface area contributed by atoms with Gasteiger partial charge in [0.05, 0.1) is 11.2 Å². The van der Waals surface area contributed by atoms with Crippen LogP contribution in [0.1, 0.15) is 39.2 Å². The fourth-order valence-electron chi connectivity index (χ4n) is 3.72. The maximum Gasteiger partial charge on any atom is 0.154 e. The lowest BCUT2D eigenvalue weighted by molar-refractivity contribution is 0.392. The van der Waals surface area contributed by atoms with E-state index in [-0.39, 0.29) is 18.9 Å². The lowest BCUT2D eigenvalue weighted by atomic mass is 9.86. The van der Waals surface area contributed by atoms with E-state index in [0.717, 1.165) is 47.7 Å². The van der Waals surface area contributed by atoms with Crippen LogP contribution < -0.4 is 10.6 Å². The van der Waals surface area contributed by atoms with Gasteiger partial charge in [-0.15, -0.1) is 0 Å². The van der Waals surface area contributed by atoms with E-state index in [1.807, 2.05) is 6.07 Å². The summed E-state index contributed by atoms with van der Waals surface area (Å²) >= 11 is 0. The van der Waals surface area contributed by atoms with Crippen molar-refractivity contribution in [2.24, 2.45) is 5.92 Å². The smallest absolute Gasteiger partial charge is 0.154 e. The van der Waals surface area contributed by atoms with Gasteiger partial charge in [-0.25, -0.2) is 9.97 Å². The van der Waals surface area contributed by atoms with E-state index < -0.39 is 0 Å². The van der Waals surface area contributed by atoms with E-state index >= 15 is 0 Å². The Hall–Kier alpha value is -2.18. The first-order valence-corrected chi connectivity index (χ1v) is 10.2. The van der Waals surface area contributed by atoms with Crippen molar-refractivity contribution in [1.82, 2.24) is 20.3 Å². The van der Waals surface area contributed by atoms with Crippen LogP contribution in [0, 0.1) is 5.92 Å². The average molecular weight is 410 g/mol. The quantitative estimate of drug-likeness (QED) is 0.664. The van der Waals surface area contributed by atoms with Gasteiger partial charge < -0.3 is 10.6 Å². The predicted octanol–water partition coefficient (Wildman–Crippen LogP) is 4.51. The summed E-state index contributed by atoms with van der Waals surface area (Å²) in [6.45, 7) is 9.78. The highest BCUT2D eigenvalue weighted by Gasteiger charge is 2.16. The largest absolute Gasteiger partial charge is 0.368 e. The lowest BCUT2D eigenvalue weighted by Gasteiger charge is -2.23. The van der Waals surface area contributed by atoms with Gasteiger partial charge in [-0.1, -0.05) is 45.0 Å². The molecular weight excluding hydrogens is 378 g/mol. The molecule has 0 saturated carbocycles. The molecule has 5 nitrogen and oxygen atoms in total. The van der Waals surface area contributed by atoms with E-state index in [9.17, 15) is 0 Å². The molecule has 1 atom stereocenters. The fourth-order valence-corrected chi connectivity index (χ4v) is 3.72. The molecule has 3 heterocycles. The zero-order valence-corrected chi connectivity index (χ0v) is 18.5. The van der Waals surface area contributed by atoms with E-state index in [1.54, 1.807) is 12.4 Å². The molecule has 0 radical (unpaired) electrons. The highest BCUT2D eigenvalue weighted by atomic mass is 32.1. The van der Waals surface area contributed by atoms with E-state index in [2.05, 4.69) is 65.6 Å². The zero-order valence-electron chi connectivity index (χ0n) is 17.5. The number of rotatable bonds is 4. The van der Waals surface area contributed by atoms with Crippen LogP contribution in [0.5, 0.6) is 0 Å². The first-order chi connectivity index (χ1) is 13.5. The minimum atomic E-state index is 0. The van der Waals surface area contributed by atoms with Crippen molar-refractivity contribution in [3.63, 3.8) is 0 Å². The SMILES string of the molecule is CC(C)(C)c1ccc(-c2cc3nccnc3c(NC[C@H]3CCCNC3)n2)cc1.S. The molecule has 1 fully saturated rings. The van der Waals surface area contributed by atoms with Crippen molar-refractivity contribution < 1.29 is 0 Å². The molecule has 1 aromatic carbocycles. The number of nitrogens with zero attached hydrogens (tertiary/aromatic N) is 3. The van der Waals surface area contributed by atoms with Crippen LogP contribution in [-0.2, 0) is 5.41 Å². The standard InChI is InChI=1S/C23H29N5.H2S/c1-23(2,3)18-8-6-17(7-9-18)19-13-20-21(26-12-11-25-20)22(28-19)27-15-16-5-4-10-24-14-16;/h6-9,11-13,16,24H,4-5,10,14-15H2,1-3H3,(H,27,28);1H2/t16-;/m0./s1. The highest BCUT2D eigenvalue weighted by Crippen LogP contribution is 2.28. The van der Waals surface area contributed by atoms with Gasteiger partial charge >= 0.3 is 0 Å². The van der Waals surface area contributed by atoms with Crippen LogP contribution in [-0.4, -0.2) is 34.6 Å². The summed E-state index contributed by atoms with van der Waals surface area (Å²) in [4.78, 5) is 14.0. The van der Waals surface area contributed by atoms with Crippen LogP contribution in [0.2, 0.25) is 0 Å².